The molecule has 3 unspecified atom stereocenters. The number of carbonyl (C=O) groups is 2. The summed E-state index contributed by atoms with van der Waals surface area (Å²) >= 11 is 0. The van der Waals surface area contributed by atoms with Crippen LogP contribution in [-0.2, 0) is 9.59 Å². The molecule has 0 radical (unpaired) electrons. The Morgan fingerprint density at radius 3 is 2.73 bits per heavy atom. The summed E-state index contributed by atoms with van der Waals surface area (Å²) in [4.78, 5) is 24.1. The standard InChI is InChI=1S/C13H18O2/c1-8-5-4-6-13(3)11(8)10(14)7-9(2)12(13)15/h7-8,11H,4-6H2,1-3H3. The minimum Gasteiger partial charge on any atom is -0.294 e. The van der Waals surface area contributed by atoms with Gasteiger partial charge in [-0.1, -0.05) is 20.3 Å². The van der Waals surface area contributed by atoms with Gasteiger partial charge in [-0.2, -0.15) is 0 Å². The maximum absolute atomic E-state index is 12.2. The van der Waals surface area contributed by atoms with E-state index in [0.717, 1.165) is 19.3 Å². The van der Waals surface area contributed by atoms with Gasteiger partial charge in [0.2, 0.25) is 0 Å². The number of hydrogen-bond acceptors (Lipinski definition) is 2. The van der Waals surface area contributed by atoms with Gasteiger partial charge in [0.25, 0.3) is 0 Å². The van der Waals surface area contributed by atoms with E-state index >= 15 is 0 Å². The quantitative estimate of drug-likeness (QED) is 0.610. The van der Waals surface area contributed by atoms with E-state index < -0.39 is 5.41 Å². The molecule has 0 spiro atoms. The van der Waals surface area contributed by atoms with Crippen LogP contribution < -0.4 is 0 Å². The Labute approximate surface area is 90.7 Å². The van der Waals surface area contributed by atoms with E-state index in [9.17, 15) is 9.59 Å². The molecule has 0 aromatic heterocycles. The summed E-state index contributed by atoms with van der Waals surface area (Å²) < 4.78 is 0. The average molecular weight is 206 g/mol. The molecule has 2 aliphatic carbocycles. The zero-order chi connectivity index (χ0) is 11.2. The molecule has 15 heavy (non-hydrogen) atoms. The molecule has 0 aromatic carbocycles. The number of Topliss-reactive ketones (excluding diaryl/α,β-unsaturated/α-hetero) is 1. The number of rotatable bonds is 0. The third kappa shape index (κ3) is 1.38. The molecule has 0 saturated heterocycles. The van der Waals surface area contributed by atoms with Crippen molar-refractivity contribution >= 4 is 11.6 Å². The van der Waals surface area contributed by atoms with E-state index in [1.54, 1.807) is 13.0 Å². The SMILES string of the molecule is CC1=CC(=O)C2C(C)CCCC2(C)C1=O. The second-order valence-corrected chi connectivity index (χ2v) is 5.32. The van der Waals surface area contributed by atoms with Gasteiger partial charge < -0.3 is 0 Å². The molecule has 0 bridgehead atoms. The number of carbonyl (C=O) groups excluding carboxylic acids is 2. The average Bonchev–Trinajstić information content (AvgIpc) is 2.14. The third-order valence-corrected chi connectivity index (χ3v) is 4.15. The highest BCUT2D eigenvalue weighted by Gasteiger charge is 2.51. The topological polar surface area (TPSA) is 34.1 Å². The predicted octanol–water partition coefficient (Wildman–Crippen LogP) is 2.53. The maximum Gasteiger partial charge on any atom is 0.165 e. The summed E-state index contributed by atoms with van der Waals surface area (Å²) in [7, 11) is 0. The van der Waals surface area contributed by atoms with Gasteiger partial charge in [-0.15, -0.1) is 0 Å². The van der Waals surface area contributed by atoms with Crippen LogP contribution >= 0.6 is 0 Å². The molecular formula is C13H18O2. The summed E-state index contributed by atoms with van der Waals surface area (Å²) in [6.45, 7) is 5.84. The summed E-state index contributed by atoms with van der Waals surface area (Å²) in [5, 5.41) is 0. The van der Waals surface area contributed by atoms with Gasteiger partial charge in [0.05, 0.1) is 0 Å². The second-order valence-electron chi connectivity index (χ2n) is 5.32. The smallest absolute Gasteiger partial charge is 0.165 e. The van der Waals surface area contributed by atoms with Crippen LogP contribution in [0.5, 0.6) is 0 Å². The minimum atomic E-state index is -0.409. The van der Waals surface area contributed by atoms with Gasteiger partial charge in [0.1, 0.15) is 0 Å². The Bertz CT molecular complexity index is 354. The van der Waals surface area contributed by atoms with Crippen molar-refractivity contribution in [3.8, 4) is 0 Å². The Hall–Kier alpha value is -0.920. The molecule has 1 fully saturated rings. The highest BCUT2D eigenvalue weighted by Crippen LogP contribution is 2.48. The second kappa shape index (κ2) is 3.29. The summed E-state index contributed by atoms with van der Waals surface area (Å²) in [5.41, 5.74) is 0.237. The van der Waals surface area contributed by atoms with Crippen LogP contribution in [0.25, 0.3) is 0 Å². The summed E-state index contributed by atoms with van der Waals surface area (Å²) in [6.07, 6.45) is 4.57. The first-order chi connectivity index (χ1) is 6.97. The van der Waals surface area contributed by atoms with E-state index in [0.29, 0.717) is 11.5 Å². The molecule has 82 valence electrons. The first-order valence-corrected chi connectivity index (χ1v) is 5.74. The molecule has 0 aliphatic heterocycles. The van der Waals surface area contributed by atoms with Crippen LogP contribution in [0, 0.1) is 17.3 Å². The lowest BCUT2D eigenvalue weighted by Crippen LogP contribution is -2.48. The molecule has 3 atom stereocenters. The Morgan fingerprint density at radius 1 is 1.40 bits per heavy atom. The fraction of sp³-hybridized carbons (Fsp3) is 0.692. The number of fused-ring (bicyclic) bond motifs is 1. The van der Waals surface area contributed by atoms with Crippen molar-refractivity contribution in [1.29, 1.82) is 0 Å². The van der Waals surface area contributed by atoms with Crippen molar-refractivity contribution in [2.45, 2.75) is 40.0 Å². The fourth-order valence-electron chi connectivity index (χ4n) is 3.41. The third-order valence-electron chi connectivity index (χ3n) is 4.15. The summed E-state index contributed by atoms with van der Waals surface area (Å²) in [5.74, 6) is 0.646. The fourth-order valence-corrected chi connectivity index (χ4v) is 3.41. The van der Waals surface area contributed by atoms with Gasteiger partial charge in [-0.05, 0) is 37.3 Å². The molecule has 0 aromatic rings. The Balaban J connectivity index is 2.48. The van der Waals surface area contributed by atoms with Crippen LogP contribution in [0.15, 0.2) is 11.6 Å². The van der Waals surface area contributed by atoms with Gasteiger partial charge in [-0.25, -0.2) is 0 Å². The zero-order valence-electron chi connectivity index (χ0n) is 9.67. The van der Waals surface area contributed by atoms with Gasteiger partial charge in [-0.3, -0.25) is 9.59 Å². The largest absolute Gasteiger partial charge is 0.294 e. The zero-order valence-corrected chi connectivity index (χ0v) is 9.67. The highest BCUT2D eigenvalue weighted by molar-refractivity contribution is 6.12. The van der Waals surface area contributed by atoms with E-state index in [2.05, 4.69) is 6.92 Å². The van der Waals surface area contributed by atoms with Crippen molar-refractivity contribution in [2.24, 2.45) is 17.3 Å². The van der Waals surface area contributed by atoms with Crippen LogP contribution in [0.3, 0.4) is 0 Å². The first kappa shape index (κ1) is 10.6. The van der Waals surface area contributed by atoms with Gasteiger partial charge >= 0.3 is 0 Å². The number of hydrogen-bond donors (Lipinski definition) is 0. The van der Waals surface area contributed by atoms with E-state index in [1.807, 2.05) is 6.92 Å². The molecule has 2 aliphatic rings. The predicted molar refractivity (Wildman–Crippen MR) is 58.4 cm³/mol. The van der Waals surface area contributed by atoms with Crippen LogP contribution in [0.2, 0.25) is 0 Å². The lowest BCUT2D eigenvalue weighted by molar-refractivity contribution is -0.141. The number of ketones is 2. The molecule has 2 nitrogen and oxygen atoms in total. The monoisotopic (exact) mass is 206 g/mol. The highest BCUT2D eigenvalue weighted by atomic mass is 16.1. The molecule has 0 amide bonds. The van der Waals surface area contributed by atoms with Crippen molar-refractivity contribution in [3.63, 3.8) is 0 Å². The number of allylic oxidation sites excluding steroid dienone is 2. The molecule has 0 heterocycles. The van der Waals surface area contributed by atoms with E-state index in [-0.39, 0.29) is 17.5 Å². The minimum absolute atomic E-state index is 0.0672. The molecule has 1 saturated carbocycles. The van der Waals surface area contributed by atoms with E-state index in [4.69, 9.17) is 0 Å². The lowest BCUT2D eigenvalue weighted by atomic mass is 9.56. The summed E-state index contributed by atoms with van der Waals surface area (Å²) in [6, 6.07) is 0. The van der Waals surface area contributed by atoms with Crippen LogP contribution in [0.4, 0.5) is 0 Å². The lowest BCUT2D eigenvalue weighted by Gasteiger charge is -2.45. The Morgan fingerprint density at radius 2 is 2.07 bits per heavy atom. The normalized spacial score (nSPS) is 41.1. The molecular weight excluding hydrogens is 188 g/mol. The van der Waals surface area contributed by atoms with Crippen LogP contribution in [-0.4, -0.2) is 11.6 Å². The van der Waals surface area contributed by atoms with Crippen molar-refractivity contribution < 1.29 is 9.59 Å². The molecule has 0 N–H and O–H groups in total. The molecule has 2 heteroatoms. The van der Waals surface area contributed by atoms with Gasteiger partial charge in [0, 0.05) is 11.3 Å². The van der Waals surface area contributed by atoms with Crippen molar-refractivity contribution in [2.75, 3.05) is 0 Å². The Kier molecular flexibility index (Phi) is 2.32. The van der Waals surface area contributed by atoms with E-state index in [1.165, 1.54) is 0 Å². The van der Waals surface area contributed by atoms with Gasteiger partial charge in [0.15, 0.2) is 11.6 Å². The van der Waals surface area contributed by atoms with Crippen LogP contribution in [0.1, 0.15) is 40.0 Å². The first-order valence-electron chi connectivity index (χ1n) is 5.74. The maximum atomic E-state index is 12.2. The molecule has 2 rings (SSSR count). The van der Waals surface area contributed by atoms with Crippen molar-refractivity contribution in [1.82, 2.24) is 0 Å². The van der Waals surface area contributed by atoms with Crippen molar-refractivity contribution in [3.05, 3.63) is 11.6 Å².